The molecule has 0 spiro atoms. The number of benzene rings is 1. The number of cyclic esters (lactones) is 1. The van der Waals surface area contributed by atoms with E-state index >= 15 is 0 Å². The number of ether oxygens (including phenoxy) is 1. The molecular formula is C14H18N2O3. The lowest BCUT2D eigenvalue weighted by Crippen LogP contribution is -2.43. The van der Waals surface area contributed by atoms with E-state index in [1.54, 1.807) is 29.2 Å². The summed E-state index contributed by atoms with van der Waals surface area (Å²) in [7, 11) is 0. The van der Waals surface area contributed by atoms with Crippen LogP contribution in [0.4, 0.5) is 10.5 Å². The van der Waals surface area contributed by atoms with Crippen molar-refractivity contribution in [2.75, 3.05) is 24.6 Å². The molecule has 1 aliphatic rings. The zero-order valence-corrected chi connectivity index (χ0v) is 11.0. The Hall–Kier alpha value is -1.88. The monoisotopic (exact) mass is 262 g/mol. The first-order valence-corrected chi connectivity index (χ1v) is 6.37. The first-order chi connectivity index (χ1) is 9.11. The van der Waals surface area contributed by atoms with Crippen molar-refractivity contribution in [1.29, 1.82) is 0 Å². The lowest BCUT2D eigenvalue weighted by Gasteiger charge is -2.32. The highest BCUT2D eigenvalue weighted by Crippen LogP contribution is 2.22. The van der Waals surface area contributed by atoms with Gasteiger partial charge in [-0.1, -0.05) is 0 Å². The Morgan fingerprint density at radius 2 is 2.11 bits per heavy atom. The first-order valence-electron chi connectivity index (χ1n) is 6.37. The number of Topliss-reactive ketones (excluding diaryl/α,β-unsaturated/α-hetero) is 1. The van der Waals surface area contributed by atoms with Crippen LogP contribution in [0.2, 0.25) is 0 Å². The molecule has 2 N–H and O–H groups in total. The third kappa shape index (κ3) is 3.12. The zero-order chi connectivity index (χ0) is 13.8. The fraction of sp³-hybridized carbons (Fsp3) is 0.429. The van der Waals surface area contributed by atoms with Gasteiger partial charge in [0, 0.05) is 23.7 Å². The molecule has 0 aliphatic carbocycles. The smallest absolute Gasteiger partial charge is 0.414 e. The summed E-state index contributed by atoms with van der Waals surface area (Å²) in [6.07, 6.45) is 0.485. The van der Waals surface area contributed by atoms with Crippen LogP contribution >= 0.6 is 0 Å². The second-order valence-electron chi connectivity index (χ2n) is 4.73. The minimum Gasteiger partial charge on any atom is -0.449 e. The van der Waals surface area contributed by atoms with Gasteiger partial charge in [-0.2, -0.15) is 0 Å². The number of carbonyl (C=O) groups is 2. The highest BCUT2D eigenvalue weighted by atomic mass is 16.6. The van der Waals surface area contributed by atoms with Gasteiger partial charge in [0.2, 0.25) is 0 Å². The average molecular weight is 262 g/mol. The molecule has 1 aromatic rings. The lowest BCUT2D eigenvalue weighted by molar-refractivity contribution is 0.101. The molecule has 5 nitrogen and oxygen atoms in total. The molecule has 0 radical (unpaired) electrons. The van der Waals surface area contributed by atoms with Crippen molar-refractivity contribution in [2.45, 2.75) is 13.3 Å². The van der Waals surface area contributed by atoms with Crippen LogP contribution in [0, 0.1) is 5.92 Å². The van der Waals surface area contributed by atoms with Crippen LogP contribution in [-0.2, 0) is 4.74 Å². The van der Waals surface area contributed by atoms with Crippen molar-refractivity contribution in [3.63, 3.8) is 0 Å². The molecule has 1 aliphatic heterocycles. The van der Waals surface area contributed by atoms with Gasteiger partial charge in [-0.25, -0.2) is 4.79 Å². The lowest BCUT2D eigenvalue weighted by atomic mass is 10.0. The molecule has 5 heteroatoms. The van der Waals surface area contributed by atoms with Gasteiger partial charge in [-0.05, 0) is 44.2 Å². The standard InChI is InChI=1S/C14H18N2O3/c1-10(17)12-2-4-13(5-3-12)16-8-11(6-7-15)9-19-14(16)18/h2-5,11H,6-9,15H2,1H3. The number of rotatable bonds is 4. The molecule has 0 bridgehead atoms. The minimum atomic E-state index is -0.344. The largest absolute Gasteiger partial charge is 0.449 e. The summed E-state index contributed by atoms with van der Waals surface area (Å²) in [5.74, 6) is 0.268. The average Bonchev–Trinajstić information content (AvgIpc) is 2.41. The van der Waals surface area contributed by atoms with Crippen LogP contribution in [0.3, 0.4) is 0 Å². The summed E-state index contributed by atoms with van der Waals surface area (Å²) in [4.78, 5) is 24.6. The third-order valence-electron chi connectivity index (χ3n) is 3.26. The van der Waals surface area contributed by atoms with Crippen LogP contribution < -0.4 is 10.6 Å². The maximum absolute atomic E-state index is 11.8. The SMILES string of the molecule is CC(=O)c1ccc(N2CC(CCN)COC2=O)cc1. The number of carbonyl (C=O) groups excluding carboxylic acids is 2. The van der Waals surface area contributed by atoms with E-state index in [-0.39, 0.29) is 17.8 Å². The molecule has 2 rings (SSSR count). The van der Waals surface area contributed by atoms with Crippen molar-refractivity contribution in [2.24, 2.45) is 11.7 Å². The molecule has 1 saturated heterocycles. The number of amides is 1. The Morgan fingerprint density at radius 3 is 2.68 bits per heavy atom. The molecule has 1 atom stereocenters. The first kappa shape index (κ1) is 13.5. The summed E-state index contributed by atoms with van der Waals surface area (Å²) < 4.78 is 5.15. The van der Waals surface area contributed by atoms with Crippen molar-refractivity contribution in [3.05, 3.63) is 29.8 Å². The Bertz CT molecular complexity index is 470. The third-order valence-corrected chi connectivity index (χ3v) is 3.26. The van der Waals surface area contributed by atoms with Gasteiger partial charge in [-0.15, -0.1) is 0 Å². The van der Waals surface area contributed by atoms with Crippen molar-refractivity contribution >= 4 is 17.6 Å². The Balaban J connectivity index is 2.14. The van der Waals surface area contributed by atoms with Gasteiger partial charge >= 0.3 is 6.09 Å². The zero-order valence-electron chi connectivity index (χ0n) is 11.0. The summed E-state index contributed by atoms with van der Waals surface area (Å²) in [6.45, 7) is 3.13. The second-order valence-corrected chi connectivity index (χ2v) is 4.73. The summed E-state index contributed by atoms with van der Waals surface area (Å²) in [5.41, 5.74) is 6.91. The molecule has 1 heterocycles. The Kier molecular flexibility index (Phi) is 4.16. The molecule has 0 saturated carbocycles. The number of hydrogen-bond donors (Lipinski definition) is 1. The molecule has 102 valence electrons. The number of nitrogens with two attached hydrogens (primary N) is 1. The van der Waals surface area contributed by atoms with Crippen LogP contribution in [0.25, 0.3) is 0 Å². The number of ketones is 1. The van der Waals surface area contributed by atoms with Gasteiger partial charge in [0.15, 0.2) is 5.78 Å². The highest BCUT2D eigenvalue weighted by Gasteiger charge is 2.27. The van der Waals surface area contributed by atoms with Crippen LogP contribution in [0.1, 0.15) is 23.7 Å². The molecular weight excluding hydrogens is 244 g/mol. The predicted octanol–water partition coefficient (Wildman–Crippen LogP) is 1.81. The van der Waals surface area contributed by atoms with E-state index in [1.807, 2.05) is 0 Å². The number of hydrogen-bond acceptors (Lipinski definition) is 4. The van der Waals surface area contributed by atoms with E-state index < -0.39 is 0 Å². The maximum Gasteiger partial charge on any atom is 0.414 e. The number of anilines is 1. The van der Waals surface area contributed by atoms with E-state index in [2.05, 4.69) is 0 Å². The van der Waals surface area contributed by atoms with Crippen LogP contribution in [0.15, 0.2) is 24.3 Å². The fourth-order valence-electron chi connectivity index (χ4n) is 2.15. The topological polar surface area (TPSA) is 72.6 Å². The van der Waals surface area contributed by atoms with Crippen LogP contribution in [-0.4, -0.2) is 31.6 Å². The van der Waals surface area contributed by atoms with Gasteiger partial charge in [0.05, 0.1) is 6.61 Å². The van der Waals surface area contributed by atoms with Crippen molar-refractivity contribution in [3.8, 4) is 0 Å². The molecule has 0 aromatic heterocycles. The van der Waals surface area contributed by atoms with E-state index in [1.165, 1.54) is 6.92 Å². The highest BCUT2D eigenvalue weighted by molar-refractivity contribution is 5.95. The molecule has 1 fully saturated rings. The summed E-state index contributed by atoms with van der Waals surface area (Å²) in [5, 5.41) is 0. The van der Waals surface area contributed by atoms with Crippen molar-refractivity contribution in [1.82, 2.24) is 0 Å². The Labute approximate surface area is 112 Å². The minimum absolute atomic E-state index is 0.00813. The predicted molar refractivity (Wildman–Crippen MR) is 72.3 cm³/mol. The molecule has 19 heavy (non-hydrogen) atoms. The Morgan fingerprint density at radius 1 is 1.42 bits per heavy atom. The molecule has 1 amide bonds. The summed E-state index contributed by atoms with van der Waals surface area (Å²) >= 11 is 0. The molecule has 1 unspecified atom stereocenters. The fourth-order valence-corrected chi connectivity index (χ4v) is 2.15. The van der Waals surface area contributed by atoms with E-state index in [9.17, 15) is 9.59 Å². The van der Waals surface area contributed by atoms with Gasteiger partial charge in [0.1, 0.15) is 0 Å². The van der Waals surface area contributed by atoms with E-state index in [4.69, 9.17) is 10.5 Å². The molecule has 1 aromatic carbocycles. The van der Waals surface area contributed by atoms with Gasteiger partial charge in [0.25, 0.3) is 0 Å². The summed E-state index contributed by atoms with van der Waals surface area (Å²) in [6, 6.07) is 6.97. The van der Waals surface area contributed by atoms with E-state index in [0.29, 0.717) is 25.3 Å². The van der Waals surface area contributed by atoms with Crippen molar-refractivity contribution < 1.29 is 14.3 Å². The van der Waals surface area contributed by atoms with Gasteiger partial charge in [-0.3, -0.25) is 9.69 Å². The maximum atomic E-state index is 11.8. The van der Waals surface area contributed by atoms with E-state index in [0.717, 1.165) is 12.1 Å². The second kappa shape index (κ2) is 5.84. The van der Waals surface area contributed by atoms with Gasteiger partial charge < -0.3 is 10.5 Å². The number of nitrogens with zero attached hydrogens (tertiary/aromatic N) is 1. The van der Waals surface area contributed by atoms with Crippen LogP contribution in [0.5, 0.6) is 0 Å². The quantitative estimate of drug-likeness (QED) is 0.840. The normalized spacial score (nSPS) is 19.2.